The van der Waals surface area contributed by atoms with Gasteiger partial charge >= 0.3 is 12.1 Å². The van der Waals surface area contributed by atoms with Gasteiger partial charge in [0.15, 0.2) is 0 Å². The van der Waals surface area contributed by atoms with Gasteiger partial charge in [0.25, 0.3) is 0 Å². The molecule has 1 unspecified atom stereocenters. The molecule has 8 nitrogen and oxygen atoms in total. The molecule has 3 aromatic rings. The van der Waals surface area contributed by atoms with Gasteiger partial charge in [-0.1, -0.05) is 0 Å². The van der Waals surface area contributed by atoms with Crippen molar-refractivity contribution in [2.24, 2.45) is 0 Å². The summed E-state index contributed by atoms with van der Waals surface area (Å²) in [6.45, 7) is 6.97. The summed E-state index contributed by atoms with van der Waals surface area (Å²) in [6.07, 6.45) is -1.25. The number of hydrogen-bond donors (Lipinski definition) is 0. The van der Waals surface area contributed by atoms with Crippen LogP contribution in [0.4, 0.5) is 13.6 Å². The fourth-order valence-corrected chi connectivity index (χ4v) is 3.81. The fraction of sp³-hybridized carbons (Fsp3) is 0.375. The quantitative estimate of drug-likeness (QED) is 0.488. The largest absolute Gasteiger partial charge is 0.493 e. The molecule has 1 aromatic heterocycles. The summed E-state index contributed by atoms with van der Waals surface area (Å²) in [7, 11) is 1.22. The summed E-state index contributed by atoms with van der Waals surface area (Å²) in [5, 5.41) is 0. The minimum atomic E-state index is -0.840. The van der Waals surface area contributed by atoms with Crippen molar-refractivity contribution < 1.29 is 37.3 Å². The number of ether oxygens (including phenoxy) is 4. The van der Waals surface area contributed by atoms with Crippen LogP contribution >= 0.6 is 0 Å². The lowest BCUT2D eigenvalue weighted by molar-refractivity contribution is 0.0537. The number of benzene rings is 2. The molecule has 1 atom stereocenters. The van der Waals surface area contributed by atoms with Gasteiger partial charge in [-0.2, -0.15) is 0 Å². The standard InChI is InChI=1S/C24H24F2N2O6/c1-12-27-21-16(28(12)23(30)34-24(2,3)4)8-13(22(29)31-5)9-19(21)33-17-6-7-32-18-11-14(25)10-15(26)20(17)18/h8-11,17H,6-7H2,1-5H3. The third kappa shape index (κ3) is 4.40. The van der Waals surface area contributed by atoms with Crippen LogP contribution in [0.2, 0.25) is 0 Å². The molecule has 0 amide bonds. The van der Waals surface area contributed by atoms with Crippen LogP contribution in [0.25, 0.3) is 11.0 Å². The molecule has 180 valence electrons. The van der Waals surface area contributed by atoms with Crippen molar-refractivity contribution in [3.05, 3.63) is 52.9 Å². The molecule has 0 radical (unpaired) electrons. The molecule has 0 fully saturated rings. The molecule has 1 aliphatic heterocycles. The van der Waals surface area contributed by atoms with Crippen LogP contribution in [-0.4, -0.2) is 40.9 Å². The fourth-order valence-electron chi connectivity index (χ4n) is 3.81. The zero-order valence-electron chi connectivity index (χ0n) is 19.4. The molecule has 0 saturated carbocycles. The summed E-state index contributed by atoms with van der Waals surface area (Å²) in [6, 6.07) is 4.71. The van der Waals surface area contributed by atoms with Crippen molar-refractivity contribution in [2.45, 2.75) is 45.8 Å². The summed E-state index contributed by atoms with van der Waals surface area (Å²) in [5.41, 5.74) is -0.0740. The number of aromatic nitrogens is 2. The van der Waals surface area contributed by atoms with Crippen LogP contribution in [-0.2, 0) is 9.47 Å². The van der Waals surface area contributed by atoms with Gasteiger partial charge in [0.1, 0.15) is 46.2 Å². The van der Waals surface area contributed by atoms with Crippen molar-refractivity contribution in [3.63, 3.8) is 0 Å². The maximum absolute atomic E-state index is 14.6. The molecule has 0 saturated heterocycles. The first-order valence-corrected chi connectivity index (χ1v) is 10.6. The Morgan fingerprint density at radius 2 is 1.91 bits per heavy atom. The van der Waals surface area contributed by atoms with E-state index in [1.165, 1.54) is 23.8 Å². The summed E-state index contributed by atoms with van der Waals surface area (Å²) < 4.78 is 51.4. The lowest BCUT2D eigenvalue weighted by Gasteiger charge is -2.27. The van der Waals surface area contributed by atoms with Crippen molar-refractivity contribution in [1.29, 1.82) is 0 Å². The lowest BCUT2D eigenvalue weighted by Crippen LogP contribution is -2.27. The van der Waals surface area contributed by atoms with E-state index in [0.717, 1.165) is 12.1 Å². The Bertz CT molecular complexity index is 1300. The molecule has 1 aliphatic rings. The zero-order valence-corrected chi connectivity index (χ0v) is 19.4. The van der Waals surface area contributed by atoms with Gasteiger partial charge in [-0.05, 0) is 39.8 Å². The van der Waals surface area contributed by atoms with Gasteiger partial charge in [-0.15, -0.1) is 0 Å². The highest BCUT2D eigenvalue weighted by molar-refractivity contribution is 5.98. The van der Waals surface area contributed by atoms with Gasteiger partial charge in [-0.25, -0.2) is 27.9 Å². The second kappa shape index (κ2) is 8.58. The van der Waals surface area contributed by atoms with E-state index in [9.17, 15) is 18.4 Å². The lowest BCUT2D eigenvalue weighted by atomic mass is 10.0. The van der Waals surface area contributed by atoms with E-state index in [-0.39, 0.29) is 46.7 Å². The number of rotatable bonds is 3. The summed E-state index contributed by atoms with van der Waals surface area (Å²) in [5.74, 6) is -1.76. The summed E-state index contributed by atoms with van der Waals surface area (Å²) >= 11 is 0. The highest BCUT2D eigenvalue weighted by Gasteiger charge is 2.30. The topological polar surface area (TPSA) is 88.9 Å². The van der Waals surface area contributed by atoms with Crippen LogP contribution in [0.3, 0.4) is 0 Å². The van der Waals surface area contributed by atoms with Crippen LogP contribution in [0.5, 0.6) is 11.5 Å². The number of aryl methyl sites for hydroxylation is 1. The number of hydrogen-bond acceptors (Lipinski definition) is 7. The molecular weight excluding hydrogens is 450 g/mol. The Labute approximate surface area is 194 Å². The van der Waals surface area contributed by atoms with Gasteiger partial charge in [-0.3, -0.25) is 0 Å². The van der Waals surface area contributed by atoms with E-state index < -0.39 is 35.4 Å². The van der Waals surface area contributed by atoms with E-state index in [2.05, 4.69) is 4.98 Å². The molecule has 2 aromatic carbocycles. The van der Waals surface area contributed by atoms with Gasteiger partial charge in [0.2, 0.25) is 0 Å². The van der Waals surface area contributed by atoms with Crippen LogP contribution in [0, 0.1) is 18.6 Å². The average molecular weight is 474 g/mol. The molecule has 0 spiro atoms. The Morgan fingerprint density at radius 1 is 1.18 bits per heavy atom. The van der Waals surface area contributed by atoms with Crippen LogP contribution in [0.15, 0.2) is 24.3 Å². The predicted octanol–water partition coefficient (Wildman–Crippen LogP) is 5.10. The molecule has 2 heterocycles. The number of fused-ring (bicyclic) bond motifs is 2. The average Bonchev–Trinajstić information content (AvgIpc) is 3.07. The minimum Gasteiger partial charge on any atom is -0.493 e. The number of halogens is 2. The molecular formula is C24H24F2N2O6. The molecule has 34 heavy (non-hydrogen) atoms. The van der Waals surface area contributed by atoms with Crippen LogP contribution in [0.1, 0.15) is 55.0 Å². The van der Waals surface area contributed by atoms with E-state index >= 15 is 0 Å². The second-order valence-electron chi connectivity index (χ2n) is 8.85. The molecule has 0 aliphatic carbocycles. The summed E-state index contributed by atoms with van der Waals surface area (Å²) in [4.78, 5) is 29.7. The normalized spacial score (nSPS) is 15.4. The first kappa shape index (κ1) is 23.5. The van der Waals surface area contributed by atoms with Gasteiger partial charge < -0.3 is 18.9 Å². The smallest absolute Gasteiger partial charge is 0.420 e. The first-order chi connectivity index (χ1) is 16.0. The zero-order chi connectivity index (χ0) is 24.8. The number of methoxy groups -OCH3 is 1. The molecule has 0 N–H and O–H groups in total. The maximum atomic E-state index is 14.6. The minimum absolute atomic E-state index is 0.0459. The monoisotopic (exact) mass is 474 g/mol. The van der Waals surface area contributed by atoms with E-state index in [4.69, 9.17) is 18.9 Å². The van der Waals surface area contributed by atoms with Crippen molar-refractivity contribution >= 4 is 23.1 Å². The number of carbonyl (C=O) groups is 2. The predicted molar refractivity (Wildman–Crippen MR) is 117 cm³/mol. The number of nitrogens with zero attached hydrogens (tertiary/aromatic N) is 2. The molecule has 0 bridgehead atoms. The first-order valence-electron chi connectivity index (χ1n) is 10.6. The second-order valence-corrected chi connectivity index (χ2v) is 8.85. The van der Waals surface area contributed by atoms with E-state index in [0.29, 0.717) is 5.82 Å². The van der Waals surface area contributed by atoms with Gasteiger partial charge in [0, 0.05) is 18.6 Å². The third-order valence-electron chi connectivity index (χ3n) is 5.18. The Balaban J connectivity index is 1.85. The van der Waals surface area contributed by atoms with Crippen molar-refractivity contribution in [1.82, 2.24) is 9.55 Å². The number of imidazole rings is 1. The highest BCUT2D eigenvalue weighted by atomic mass is 19.1. The van der Waals surface area contributed by atoms with Crippen LogP contribution < -0.4 is 9.47 Å². The molecule has 4 rings (SSSR count). The SMILES string of the molecule is COC(=O)c1cc(OC2CCOc3cc(F)cc(F)c32)c2nc(C)n(C(=O)OC(C)(C)C)c2c1. The molecule has 10 heteroatoms. The van der Waals surface area contributed by atoms with E-state index in [1.54, 1.807) is 27.7 Å². The van der Waals surface area contributed by atoms with Gasteiger partial charge in [0.05, 0.1) is 30.4 Å². The number of carbonyl (C=O) groups excluding carboxylic acids is 2. The van der Waals surface area contributed by atoms with E-state index in [1.807, 2.05) is 0 Å². The number of esters is 1. The Kier molecular flexibility index (Phi) is 5.93. The maximum Gasteiger partial charge on any atom is 0.420 e. The highest BCUT2D eigenvalue weighted by Crippen LogP contribution is 2.40. The Morgan fingerprint density at radius 3 is 2.59 bits per heavy atom. The van der Waals surface area contributed by atoms with Crippen molar-refractivity contribution in [3.8, 4) is 11.5 Å². The Hall–Kier alpha value is -3.69. The third-order valence-corrected chi connectivity index (χ3v) is 5.18. The van der Waals surface area contributed by atoms with Crippen molar-refractivity contribution in [2.75, 3.05) is 13.7 Å².